The normalized spacial score (nSPS) is 10.6. The third-order valence-corrected chi connectivity index (χ3v) is 3.89. The van der Waals surface area contributed by atoms with Crippen molar-refractivity contribution in [2.24, 2.45) is 0 Å². The number of nitrogens with one attached hydrogen (secondary N) is 1. The minimum absolute atomic E-state index is 0.177. The van der Waals surface area contributed by atoms with Crippen molar-refractivity contribution in [1.82, 2.24) is 19.9 Å². The Labute approximate surface area is 150 Å². The van der Waals surface area contributed by atoms with Crippen LogP contribution in [-0.2, 0) is 6.54 Å². The highest BCUT2D eigenvalue weighted by molar-refractivity contribution is 5.94. The first-order valence-corrected chi connectivity index (χ1v) is 8.19. The summed E-state index contributed by atoms with van der Waals surface area (Å²) in [6.45, 7) is 0.298. The van der Waals surface area contributed by atoms with Gasteiger partial charge in [-0.25, -0.2) is 0 Å². The van der Waals surface area contributed by atoms with Gasteiger partial charge in [-0.15, -0.1) is 10.2 Å². The molecule has 6 nitrogen and oxygen atoms in total. The minimum atomic E-state index is -0.177. The number of carbonyl (C=O) groups is 1. The molecular weight excluding hydrogens is 328 g/mol. The van der Waals surface area contributed by atoms with Crippen LogP contribution in [0.3, 0.4) is 0 Å². The molecule has 26 heavy (non-hydrogen) atoms. The second-order valence-corrected chi connectivity index (χ2v) is 5.67. The quantitative estimate of drug-likeness (QED) is 0.602. The number of para-hydroxylation sites is 1. The van der Waals surface area contributed by atoms with Gasteiger partial charge in [-0.1, -0.05) is 24.3 Å². The van der Waals surface area contributed by atoms with Gasteiger partial charge < -0.3 is 10.1 Å². The van der Waals surface area contributed by atoms with Crippen LogP contribution in [0, 0.1) is 0 Å². The summed E-state index contributed by atoms with van der Waals surface area (Å²) < 4.78 is 7.57. The molecule has 0 aliphatic rings. The van der Waals surface area contributed by atoms with Gasteiger partial charge in [0.1, 0.15) is 11.5 Å². The average molecular weight is 344 g/mol. The second-order valence-electron chi connectivity index (χ2n) is 5.67. The number of benzene rings is 2. The molecule has 1 amide bonds. The van der Waals surface area contributed by atoms with Gasteiger partial charge in [-0.05, 0) is 48.5 Å². The van der Waals surface area contributed by atoms with Crippen LogP contribution in [0.1, 0.15) is 16.2 Å². The first-order chi connectivity index (χ1) is 12.8. The fraction of sp³-hybridized carbons (Fsp3) is 0.0500. The summed E-state index contributed by atoms with van der Waals surface area (Å²) in [4.78, 5) is 12.3. The summed E-state index contributed by atoms with van der Waals surface area (Å²) >= 11 is 0. The SMILES string of the molecule is O=C(NCc1nnc2ccccn12)c1ccc(Oc2ccccc2)cc1. The van der Waals surface area contributed by atoms with Gasteiger partial charge in [0, 0.05) is 11.8 Å². The molecule has 0 saturated heterocycles. The van der Waals surface area contributed by atoms with Crippen molar-refractivity contribution in [1.29, 1.82) is 0 Å². The van der Waals surface area contributed by atoms with E-state index < -0.39 is 0 Å². The Balaban J connectivity index is 1.40. The molecular formula is C20H16N4O2. The molecule has 128 valence electrons. The summed E-state index contributed by atoms with van der Waals surface area (Å²) in [5.41, 5.74) is 1.30. The molecule has 4 rings (SSSR count). The largest absolute Gasteiger partial charge is 0.457 e. The molecule has 0 spiro atoms. The molecule has 2 aromatic heterocycles. The summed E-state index contributed by atoms with van der Waals surface area (Å²) in [5, 5.41) is 11.0. The van der Waals surface area contributed by atoms with Crippen molar-refractivity contribution in [3.05, 3.63) is 90.4 Å². The predicted octanol–water partition coefficient (Wildman–Crippen LogP) is 3.45. The van der Waals surface area contributed by atoms with E-state index in [9.17, 15) is 4.79 Å². The van der Waals surface area contributed by atoms with E-state index in [4.69, 9.17) is 4.74 Å². The summed E-state index contributed by atoms with van der Waals surface area (Å²) in [6, 6.07) is 22.2. The Morgan fingerprint density at radius 3 is 2.42 bits per heavy atom. The number of pyridine rings is 1. The lowest BCUT2D eigenvalue weighted by Gasteiger charge is -2.07. The first-order valence-electron chi connectivity index (χ1n) is 8.19. The first kappa shape index (κ1) is 15.8. The Morgan fingerprint density at radius 1 is 0.885 bits per heavy atom. The summed E-state index contributed by atoms with van der Waals surface area (Å²) in [5.74, 6) is 1.93. The van der Waals surface area contributed by atoms with E-state index >= 15 is 0 Å². The van der Waals surface area contributed by atoms with Crippen LogP contribution in [0.15, 0.2) is 79.0 Å². The van der Waals surface area contributed by atoms with Gasteiger partial charge in [0.15, 0.2) is 11.5 Å². The number of hydrogen-bond acceptors (Lipinski definition) is 4. The maximum atomic E-state index is 12.3. The number of amides is 1. The maximum Gasteiger partial charge on any atom is 0.251 e. The molecule has 0 aliphatic carbocycles. The molecule has 0 unspecified atom stereocenters. The predicted molar refractivity (Wildman–Crippen MR) is 97.1 cm³/mol. The monoisotopic (exact) mass is 344 g/mol. The lowest BCUT2D eigenvalue weighted by atomic mass is 10.2. The van der Waals surface area contributed by atoms with Crippen molar-refractivity contribution < 1.29 is 9.53 Å². The minimum Gasteiger partial charge on any atom is -0.457 e. The third kappa shape index (κ3) is 3.39. The zero-order valence-electron chi connectivity index (χ0n) is 13.9. The standard InChI is InChI=1S/C20H16N4O2/c25-20(21-14-19-23-22-18-8-4-5-13-24(18)19)15-9-11-17(12-10-15)26-16-6-2-1-3-7-16/h1-13H,14H2,(H,21,25). The number of carbonyl (C=O) groups excluding carboxylic acids is 1. The van der Waals surface area contributed by atoms with Crippen LogP contribution >= 0.6 is 0 Å². The fourth-order valence-corrected chi connectivity index (χ4v) is 2.57. The maximum absolute atomic E-state index is 12.3. The average Bonchev–Trinajstić information content (AvgIpc) is 3.11. The van der Waals surface area contributed by atoms with E-state index in [-0.39, 0.29) is 5.91 Å². The van der Waals surface area contributed by atoms with E-state index in [1.807, 2.05) is 59.1 Å². The Hall–Kier alpha value is -3.67. The van der Waals surface area contributed by atoms with Crippen molar-refractivity contribution in [2.75, 3.05) is 0 Å². The molecule has 0 atom stereocenters. The smallest absolute Gasteiger partial charge is 0.251 e. The molecule has 0 radical (unpaired) electrons. The molecule has 1 N–H and O–H groups in total. The number of aromatic nitrogens is 3. The van der Waals surface area contributed by atoms with Crippen LogP contribution in [0.25, 0.3) is 5.65 Å². The van der Waals surface area contributed by atoms with Crippen LogP contribution in [0.2, 0.25) is 0 Å². The highest BCUT2D eigenvalue weighted by Gasteiger charge is 2.09. The van der Waals surface area contributed by atoms with Crippen molar-refractivity contribution >= 4 is 11.6 Å². The molecule has 6 heteroatoms. The molecule has 2 aromatic carbocycles. The van der Waals surface area contributed by atoms with Crippen LogP contribution < -0.4 is 10.1 Å². The number of fused-ring (bicyclic) bond motifs is 1. The van der Waals surface area contributed by atoms with Gasteiger partial charge in [0.05, 0.1) is 6.54 Å². The zero-order chi connectivity index (χ0) is 17.8. The van der Waals surface area contributed by atoms with Crippen molar-refractivity contribution in [3.63, 3.8) is 0 Å². The molecule has 0 fully saturated rings. The molecule has 0 bridgehead atoms. The van der Waals surface area contributed by atoms with Crippen LogP contribution in [-0.4, -0.2) is 20.5 Å². The number of rotatable bonds is 5. The molecule has 0 saturated carbocycles. The summed E-state index contributed by atoms with van der Waals surface area (Å²) in [6.07, 6.45) is 1.87. The van der Waals surface area contributed by atoms with Crippen molar-refractivity contribution in [2.45, 2.75) is 6.54 Å². The van der Waals surface area contributed by atoms with Crippen LogP contribution in [0.5, 0.6) is 11.5 Å². The van der Waals surface area contributed by atoms with Crippen molar-refractivity contribution in [3.8, 4) is 11.5 Å². The number of nitrogens with zero attached hydrogens (tertiary/aromatic N) is 3. The lowest BCUT2D eigenvalue weighted by molar-refractivity contribution is 0.0950. The highest BCUT2D eigenvalue weighted by Crippen LogP contribution is 2.21. The second kappa shape index (κ2) is 7.06. The van der Waals surface area contributed by atoms with Gasteiger partial charge in [0.2, 0.25) is 0 Å². The van der Waals surface area contributed by atoms with E-state index in [2.05, 4.69) is 15.5 Å². The Bertz CT molecular complexity index is 1030. The number of ether oxygens (including phenoxy) is 1. The van der Waals surface area contributed by atoms with E-state index in [0.29, 0.717) is 23.7 Å². The van der Waals surface area contributed by atoms with Crippen LogP contribution in [0.4, 0.5) is 0 Å². The van der Waals surface area contributed by atoms with E-state index in [0.717, 1.165) is 11.4 Å². The summed E-state index contributed by atoms with van der Waals surface area (Å²) in [7, 11) is 0. The van der Waals surface area contributed by atoms with E-state index in [1.165, 1.54) is 0 Å². The Morgan fingerprint density at radius 2 is 1.62 bits per heavy atom. The third-order valence-electron chi connectivity index (χ3n) is 3.89. The van der Waals surface area contributed by atoms with Gasteiger partial charge in [-0.3, -0.25) is 9.20 Å². The van der Waals surface area contributed by atoms with Gasteiger partial charge >= 0.3 is 0 Å². The number of hydrogen-bond donors (Lipinski definition) is 1. The topological polar surface area (TPSA) is 68.5 Å². The Kier molecular flexibility index (Phi) is 4.30. The zero-order valence-corrected chi connectivity index (χ0v) is 13.9. The van der Waals surface area contributed by atoms with E-state index in [1.54, 1.807) is 24.3 Å². The molecule has 0 aliphatic heterocycles. The lowest BCUT2D eigenvalue weighted by Crippen LogP contribution is -2.23. The van der Waals surface area contributed by atoms with Gasteiger partial charge in [-0.2, -0.15) is 0 Å². The molecule has 2 heterocycles. The fourth-order valence-electron chi connectivity index (χ4n) is 2.57. The highest BCUT2D eigenvalue weighted by atomic mass is 16.5. The van der Waals surface area contributed by atoms with Gasteiger partial charge in [0.25, 0.3) is 5.91 Å². The molecule has 4 aromatic rings.